The van der Waals surface area contributed by atoms with E-state index in [1.54, 1.807) is 6.20 Å². The molecule has 1 aromatic rings. The molecule has 1 rings (SSSR count). The Morgan fingerprint density at radius 2 is 1.89 bits per heavy atom. The van der Waals surface area contributed by atoms with Gasteiger partial charge in [-0.15, -0.1) is 0 Å². The van der Waals surface area contributed by atoms with E-state index >= 15 is 0 Å². The molecule has 0 fully saturated rings. The fourth-order valence-corrected chi connectivity index (χ4v) is 2.63. The number of rotatable bonds is 6. The van der Waals surface area contributed by atoms with E-state index in [9.17, 15) is 8.42 Å². The molecule has 0 aromatic carbocycles. The minimum atomic E-state index is -3.75. The maximum absolute atomic E-state index is 11.3. The van der Waals surface area contributed by atoms with E-state index in [0.717, 1.165) is 25.2 Å². The molecule has 6 heteroatoms. The SMILES string of the molecule is CCC(CC)Cn1cc(S(=O)(=O)Cl)nc1C(C)C. The van der Waals surface area contributed by atoms with Crippen LogP contribution in [0, 0.1) is 5.92 Å². The summed E-state index contributed by atoms with van der Waals surface area (Å²) in [6, 6.07) is 0. The largest absolute Gasteiger partial charge is 0.333 e. The lowest BCUT2D eigenvalue weighted by Gasteiger charge is -2.16. The number of hydrogen-bond acceptors (Lipinski definition) is 3. The van der Waals surface area contributed by atoms with Crippen LogP contribution in [-0.2, 0) is 15.6 Å². The van der Waals surface area contributed by atoms with Crippen molar-refractivity contribution in [2.75, 3.05) is 0 Å². The Bertz CT molecular complexity index is 490. The lowest BCUT2D eigenvalue weighted by molar-refractivity contribution is 0.407. The van der Waals surface area contributed by atoms with Crippen LogP contribution >= 0.6 is 10.7 Å². The molecule has 0 N–H and O–H groups in total. The number of hydrogen-bond donors (Lipinski definition) is 0. The molecule has 4 nitrogen and oxygen atoms in total. The molecule has 0 amide bonds. The molecule has 0 aliphatic rings. The zero-order chi connectivity index (χ0) is 13.9. The van der Waals surface area contributed by atoms with Crippen LogP contribution < -0.4 is 0 Å². The average Bonchev–Trinajstić information content (AvgIpc) is 2.69. The van der Waals surface area contributed by atoms with Crippen molar-refractivity contribution in [3.8, 4) is 0 Å². The summed E-state index contributed by atoms with van der Waals surface area (Å²) in [6.45, 7) is 9.06. The standard InChI is InChI=1S/C12H21ClN2O2S/c1-5-10(6-2)7-15-8-11(18(13,16)17)14-12(15)9(3)4/h8-10H,5-7H2,1-4H3. The van der Waals surface area contributed by atoms with Crippen LogP contribution in [0.1, 0.15) is 52.3 Å². The summed E-state index contributed by atoms with van der Waals surface area (Å²) in [5.74, 6) is 1.48. The third kappa shape index (κ3) is 3.72. The number of aromatic nitrogens is 2. The highest BCUT2D eigenvalue weighted by Gasteiger charge is 2.20. The first-order valence-corrected chi connectivity index (χ1v) is 8.62. The first-order valence-electron chi connectivity index (χ1n) is 6.31. The molecule has 0 saturated heterocycles. The Labute approximate surface area is 114 Å². The van der Waals surface area contributed by atoms with Crippen molar-refractivity contribution < 1.29 is 8.42 Å². The van der Waals surface area contributed by atoms with E-state index < -0.39 is 9.05 Å². The number of imidazole rings is 1. The van der Waals surface area contributed by atoms with E-state index in [4.69, 9.17) is 10.7 Å². The fraction of sp³-hybridized carbons (Fsp3) is 0.750. The van der Waals surface area contributed by atoms with Crippen LogP contribution in [-0.4, -0.2) is 18.0 Å². The lowest BCUT2D eigenvalue weighted by Crippen LogP contribution is -2.12. The molecule has 1 heterocycles. The first kappa shape index (κ1) is 15.5. The lowest BCUT2D eigenvalue weighted by atomic mass is 10.0. The van der Waals surface area contributed by atoms with Gasteiger partial charge in [0.05, 0.1) is 0 Å². The predicted molar refractivity (Wildman–Crippen MR) is 73.4 cm³/mol. The summed E-state index contributed by atoms with van der Waals surface area (Å²) >= 11 is 0. The first-order chi connectivity index (χ1) is 8.29. The summed E-state index contributed by atoms with van der Waals surface area (Å²) in [4.78, 5) is 4.15. The van der Waals surface area contributed by atoms with Gasteiger partial charge in [0, 0.05) is 29.3 Å². The van der Waals surface area contributed by atoms with Gasteiger partial charge in [-0.1, -0.05) is 40.5 Å². The van der Waals surface area contributed by atoms with Crippen molar-refractivity contribution in [1.82, 2.24) is 9.55 Å². The molecule has 0 aliphatic carbocycles. The van der Waals surface area contributed by atoms with E-state index in [1.165, 1.54) is 0 Å². The van der Waals surface area contributed by atoms with E-state index in [1.807, 2.05) is 18.4 Å². The minimum Gasteiger partial charge on any atom is -0.333 e. The van der Waals surface area contributed by atoms with Gasteiger partial charge in [-0.3, -0.25) is 0 Å². The molecule has 104 valence electrons. The summed E-state index contributed by atoms with van der Waals surface area (Å²) in [5.41, 5.74) is 0. The second-order valence-corrected chi connectivity index (χ2v) is 7.38. The summed E-state index contributed by atoms with van der Waals surface area (Å²) in [7, 11) is 1.60. The van der Waals surface area contributed by atoms with Gasteiger partial charge in [0.25, 0.3) is 9.05 Å². The maximum atomic E-state index is 11.3. The van der Waals surface area contributed by atoms with Gasteiger partial charge >= 0.3 is 0 Å². The summed E-state index contributed by atoms with van der Waals surface area (Å²) < 4.78 is 24.6. The van der Waals surface area contributed by atoms with Crippen molar-refractivity contribution in [1.29, 1.82) is 0 Å². The molecule has 0 radical (unpaired) electrons. The third-order valence-corrected chi connectivity index (χ3v) is 4.33. The number of halogens is 1. The molecule has 0 unspecified atom stereocenters. The van der Waals surface area contributed by atoms with Gasteiger partial charge in [0.15, 0.2) is 5.03 Å². The van der Waals surface area contributed by atoms with Crippen LogP contribution in [0.5, 0.6) is 0 Å². The highest BCUT2D eigenvalue weighted by molar-refractivity contribution is 8.13. The van der Waals surface area contributed by atoms with Crippen molar-refractivity contribution in [3.63, 3.8) is 0 Å². The molecular weight excluding hydrogens is 272 g/mol. The quantitative estimate of drug-likeness (QED) is 0.755. The second-order valence-electron chi connectivity index (χ2n) is 4.86. The highest BCUT2D eigenvalue weighted by Crippen LogP contribution is 2.22. The Morgan fingerprint density at radius 3 is 2.28 bits per heavy atom. The van der Waals surface area contributed by atoms with Gasteiger partial charge in [0.1, 0.15) is 5.82 Å². The van der Waals surface area contributed by atoms with E-state index in [-0.39, 0.29) is 10.9 Å². The van der Waals surface area contributed by atoms with Crippen LogP contribution in [0.15, 0.2) is 11.2 Å². The highest BCUT2D eigenvalue weighted by atomic mass is 35.7. The van der Waals surface area contributed by atoms with Gasteiger partial charge in [0.2, 0.25) is 0 Å². The maximum Gasteiger partial charge on any atom is 0.280 e. The van der Waals surface area contributed by atoms with Gasteiger partial charge in [-0.2, -0.15) is 0 Å². The molecule has 0 saturated carbocycles. The normalized spacial score (nSPS) is 12.6. The van der Waals surface area contributed by atoms with Crippen molar-refractivity contribution >= 4 is 19.7 Å². The zero-order valence-electron chi connectivity index (χ0n) is 11.4. The number of nitrogens with zero attached hydrogens (tertiary/aromatic N) is 2. The van der Waals surface area contributed by atoms with Crippen LogP contribution in [0.3, 0.4) is 0 Å². The van der Waals surface area contributed by atoms with Crippen molar-refractivity contribution in [3.05, 3.63) is 12.0 Å². The minimum absolute atomic E-state index is 0.0428. The predicted octanol–water partition coefficient (Wildman–Crippen LogP) is 3.37. The Morgan fingerprint density at radius 1 is 1.33 bits per heavy atom. The van der Waals surface area contributed by atoms with Crippen LogP contribution in [0.2, 0.25) is 0 Å². The molecule has 0 spiro atoms. The van der Waals surface area contributed by atoms with Gasteiger partial charge in [-0.25, -0.2) is 13.4 Å². The Hall–Kier alpha value is -0.550. The second kappa shape index (κ2) is 6.06. The molecule has 0 aliphatic heterocycles. The smallest absolute Gasteiger partial charge is 0.280 e. The van der Waals surface area contributed by atoms with Gasteiger partial charge in [-0.05, 0) is 5.92 Å². The molecule has 0 atom stereocenters. The zero-order valence-corrected chi connectivity index (χ0v) is 12.9. The monoisotopic (exact) mass is 292 g/mol. The third-order valence-electron chi connectivity index (χ3n) is 3.16. The van der Waals surface area contributed by atoms with E-state index in [2.05, 4.69) is 18.8 Å². The average molecular weight is 293 g/mol. The van der Waals surface area contributed by atoms with Crippen LogP contribution in [0.25, 0.3) is 0 Å². The Balaban J connectivity index is 3.13. The van der Waals surface area contributed by atoms with Crippen molar-refractivity contribution in [2.24, 2.45) is 5.92 Å². The van der Waals surface area contributed by atoms with E-state index in [0.29, 0.717) is 5.92 Å². The molecular formula is C12H21ClN2O2S. The molecule has 1 aromatic heterocycles. The van der Waals surface area contributed by atoms with Crippen molar-refractivity contribution in [2.45, 2.75) is 58.0 Å². The Kier molecular flexibility index (Phi) is 5.22. The summed E-state index contributed by atoms with van der Waals surface area (Å²) in [5, 5.41) is -0.0428. The molecule has 0 bridgehead atoms. The molecule has 18 heavy (non-hydrogen) atoms. The fourth-order valence-electron chi connectivity index (χ4n) is 1.95. The topological polar surface area (TPSA) is 52.0 Å². The van der Waals surface area contributed by atoms with Crippen LogP contribution in [0.4, 0.5) is 0 Å². The summed E-state index contributed by atoms with van der Waals surface area (Å²) in [6.07, 6.45) is 3.68. The van der Waals surface area contributed by atoms with Gasteiger partial charge < -0.3 is 4.57 Å².